The molecule has 0 saturated carbocycles. The van der Waals surface area contributed by atoms with Crippen LogP contribution in [0, 0.1) is 6.92 Å². The summed E-state index contributed by atoms with van der Waals surface area (Å²) in [5.74, 6) is -0.797. The monoisotopic (exact) mass is 468 g/mol. The van der Waals surface area contributed by atoms with E-state index >= 15 is 0 Å². The van der Waals surface area contributed by atoms with Crippen LogP contribution in [0.15, 0.2) is 71.6 Å². The van der Waals surface area contributed by atoms with Gasteiger partial charge in [0, 0.05) is 22.0 Å². The second kappa shape index (κ2) is 8.60. The Bertz CT molecular complexity index is 1230. The molecule has 31 heavy (non-hydrogen) atoms. The molecule has 0 aliphatic rings. The van der Waals surface area contributed by atoms with Crippen molar-refractivity contribution in [2.75, 3.05) is 10.0 Å². The quantitative estimate of drug-likeness (QED) is 0.503. The minimum atomic E-state index is -4.59. The lowest BCUT2D eigenvalue weighted by atomic mass is 10.1. The molecule has 10 heteroatoms. The van der Waals surface area contributed by atoms with Crippen LogP contribution < -0.4 is 10.0 Å². The Hall–Kier alpha value is -3.04. The fourth-order valence-electron chi connectivity index (χ4n) is 2.67. The van der Waals surface area contributed by atoms with Gasteiger partial charge in [0.15, 0.2) is 0 Å². The number of benzene rings is 3. The highest BCUT2D eigenvalue weighted by molar-refractivity contribution is 7.92. The molecule has 3 rings (SSSR count). The van der Waals surface area contributed by atoms with Gasteiger partial charge in [-0.25, -0.2) is 8.42 Å². The molecule has 0 radical (unpaired) electrons. The number of hydrogen-bond acceptors (Lipinski definition) is 3. The van der Waals surface area contributed by atoms with Crippen LogP contribution in [0.3, 0.4) is 0 Å². The molecule has 0 spiro atoms. The lowest BCUT2D eigenvalue weighted by Gasteiger charge is -2.13. The molecular formula is C21H16ClF3N2O3S. The Morgan fingerprint density at radius 3 is 2.29 bits per heavy atom. The molecule has 5 nitrogen and oxygen atoms in total. The summed E-state index contributed by atoms with van der Waals surface area (Å²) in [6.45, 7) is 1.63. The SMILES string of the molecule is Cc1ccc(S(=O)(=O)Nc2ccc(Cl)cc2)cc1NC(=O)c1cccc(C(F)(F)F)c1. The van der Waals surface area contributed by atoms with Gasteiger partial charge in [-0.2, -0.15) is 13.2 Å². The van der Waals surface area contributed by atoms with Crippen LogP contribution >= 0.6 is 11.6 Å². The molecule has 0 saturated heterocycles. The van der Waals surface area contributed by atoms with Crippen LogP contribution in [-0.4, -0.2) is 14.3 Å². The maximum absolute atomic E-state index is 12.9. The van der Waals surface area contributed by atoms with Gasteiger partial charge < -0.3 is 5.32 Å². The zero-order valence-electron chi connectivity index (χ0n) is 16.0. The summed E-state index contributed by atoms with van der Waals surface area (Å²) in [4.78, 5) is 12.3. The van der Waals surface area contributed by atoms with E-state index in [9.17, 15) is 26.4 Å². The van der Waals surface area contributed by atoms with Crippen molar-refractivity contribution in [1.82, 2.24) is 0 Å². The number of alkyl halides is 3. The predicted octanol–water partition coefficient (Wildman–Crippen LogP) is 5.72. The van der Waals surface area contributed by atoms with E-state index in [4.69, 9.17) is 11.6 Å². The summed E-state index contributed by atoms with van der Waals surface area (Å²) in [6, 6.07) is 14.1. The molecule has 0 fully saturated rings. The second-order valence-corrected chi connectivity index (χ2v) is 8.74. The summed E-state index contributed by atoms with van der Waals surface area (Å²) in [5.41, 5.74) is -0.186. The molecule has 3 aromatic carbocycles. The Kier molecular flexibility index (Phi) is 6.28. The topological polar surface area (TPSA) is 75.3 Å². The van der Waals surface area contributed by atoms with Gasteiger partial charge in [-0.1, -0.05) is 23.7 Å². The Morgan fingerprint density at radius 2 is 1.65 bits per heavy atom. The molecule has 0 aromatic heterocycles. The maximum atomic E-state index is 12.9. The number of rotatable bonds is 5. The first kappa shape index (κ1) is 22.6. The molecule has 0 unspecified atom stereocenters. The van der Waals surface area contributed by atoms with Crippen LogP contribution in [0.5, 0.6) is 0 Å². The predicted molar refractivity (Wildman–Crippen MR) is 113 cm³/mol. The van der Waals surface area contributed by atoms with Crippen LogP contribution in [0.2, 0.25) is 5.02 Å². The number of sulfonamides is 1. The summed E-state index contributed by atoms with van der Waals surface area (Å²) < 4.78 is 66.4. The summed E-state index contributed by atoms with van der Waals surface area (Å²) >= 11 is 5.79. The third kappa shape index (κ3) is 5.56. The average Bonchev–Trinajstić information content (AvgIpc) is 2.70. The van der Waals surface area contributed by atoms with E-state index < -0.39 is 27.7 Å². The van der Waals surface area contributed by atoms with E-state index in [1.807, 2.05) is 0 Å². The molecule has 1 amide bonds. The fourth-order valence-corrected chi connectivity index (χ4v) is 3.88. The van der Waals surface area contributed by atoms with E-state index in [2.05, 4.69) is 10.0 Å². The standard InChI is InChI=1S/C21H16ClF3N2O3S/c1-13-5-10-18(31(29,30)27-17-8-6-16(22)7-9-17)12-19(13)26-20(28)14-3-2-4-15(11-14)21(23,24)25/h2-12,27H,1H3,(H,26,28). The Labute approximate surface area is 181 Å². The zero-order valence-corrected chi connectivity index (χ0v) is 17.6. The first-order chi connectivity index (χ1) is 14.5. The van der Waals surface area contributed by atoms with E-state index in [0.29, 0.717) is 16.3 Å². The van der Waals surface area contributed by atoms with Gasteiger partial charge in [-0.3, -0.25) is 9.52 Å². The van der Waals surface area contributed by atoms with Gasteiger partial charge in [0.2, 0.25) is 0 Å². The number of nitrogens with one attached hydrogen (secondary N) is 2. The van der Waals surface area contributed by atoms with E-state index in [0.717, 1.165) is 18.2 Å². The first-order valence-corrected chi connectivity index (χ1v) is 10.7. The van der Waals surface area contributed by atoms with Crippen molar-refractivity contribution in [3.63, 3.8) is 0 Å². The number of anilines is 2. The second-order valence-electron chi connectivity index (χ2n) is 6.62. The first-order valence-electron chi connectivity index (χ1n) is 8.83. The minimum absolute atomic E-state index is 0.132. The maximum Gasteiger partial charge on any atom is 0.416 e. The summed E-state index contributed by atoms with van der Waals surface area (Å²) in [6.07, 6.45) is -4.59. The third-order valence-electron chi connectivity index (χ3n) is 4.32. The van der Waals surface area contributed by atoms with Crippen molar-refractivity contribution in [1.29, 1.82) is 0 Å². The molecular weight excluding hydrogens is 453 g/mol. The Balaban J connectivity index is 1.86. The summed E-state index contributed by atoms with van der Waals surface area (Å²) in [5, 5.41) is 2.92. The van der Waals surface area contributed by atoms with E-state index in [1.165, 1.54) is 48.5 Å². The number of halogens is 4. The lowest BCUT2D eigenvalue weighted by molar-refractivity contribution is -0.137. The highest BCUT2D eigenvalue weighted by Crippen LogP contribution is 2.30. The van der Waals surface area contributed by atoms with Gasteiger partial charge in [-0.05, 0) is 67.1 Å². The molecule has 0 aliphatic carbocycles. The fraction of sp³-hybridized carbons (Fsp3) is 0.0952. The molecule has 0 atom stereocenters. The van der Waals surface area contributed by atoms with Gasteiger partial charge in [0.1, 0.15) is 0 Å². The van der Waals surface area contributed by atoms with E-state index in [1.54, 1.807) is 6.92 Å². The molecule has 162 valence electrons. The lowest BCUT2D eigenvalue weighted by Crippen LogP contribution is -2.16. The largest absolute Gasteiger partial charge is 0.416 e. The highest BCUT2D eigenvalue weighted by Gasteiger charge is 2.31. The summed E-state index contributed by atoms with van der Waals surface area (Å²) in [7, 11) is -3.99. The number of aryl methyl sites for hydroxylation is 1. The van der Waals surface area contributed by atoms with Crippen molar-refractivity contribution in [2.24, 2.45) is 0 Å². The van der Waals surface area contributed by atoms with Crippen molar-refractivity contribution >= 4 is 38.9 Å². The van der Waals surface area contributed by atoms with Crippen molar-refractivity contribution in [3.8, 4) is 0 Å². The normalized spacial score (nSPS) is 11.8. The zero-order chi connectivity index (χ0) is 22.8. The van der Waals surface area contributed by atoms with Gasteiger partial charge in [0.25, 0.3) is 15.9 Å². The number of carbonyl (C=O) groups is 1. The number of hydrogen-bond donors (Lipinski definition) is 2. The molecule has 2 N–H and O–H groups in total. The third-order valence-corrected chi connectivity index (χ3v) is 5.95. The van der Waals surface area contributed by atoms with E-state index in [-0.39, 0.29) is 16.1 Å². The van der Waals surface area contributed by atoms with Crippen molar-refractivity contribution in [2.45, 2.75) is 18.0 Å². The molecule has 0 heterocycles. The molecule has 0 aliphatic heterocycles. The van der Waals surface area contributed by atoms with Crippen molar-refractivity contribution < 1.29 is 26.4 Å². The Morgan fingerprint density at radius 1 is 0.968 bits per heavy atom. The smallest absolute Gasteiger partial charge is 0.322 e. The number of amides is 1. The van der Waals surface area contributed by atoms with Gasteiger partial charge in [-0.15, -0.1) is 0 Å². The number of carbonyl (C=O) groups excluding carboxylic acids is 1. The van der Waals surface area contributed by atoms with Crippen LogP contribution in [-0.2, 0) is 16.2 Å². The average molecular weight is 469 g/mol. The van der Waals surface area contributed by atoms with Crippen LogP contribution in [0.1, 0.15) is 21.5 Å². The van der Waals surface area contributed by atoms with Gasteiger partial charge >= 0.3 is 6.18 Å². The van der Waals surface area contributed by atoms with Crippen LogP contribution in [0.25, 0.3) is 0 Å². The molecule has 0 bridgehead atoms. The molecule has 3 aromatic rings. The highest BCUT2D eigenvalue weighted by atomic mass is 35.5. The van der Waals surface area contributed by atoms with Crippen LogP contribution in [0.4, 0.5) is 24.5 Å². The minimum Gasteiger partial charge on any atom is -0.322 e. The van der Waals surface area contributed by atoms with Gasteiger partial charge in [0.05, 0.1) is 10.5 Å². The van der Waals surface area contributed by atoms with Crippen molar-refractivity contribution in [3.05, 3.63) is 88.4 Å².